The molecule has 2 rings (SSSR count). The third-order valence-electron chi connectivity index (χ3n) is 4.65. The third-order valence-corrected chi connectivity index (χ3v) is 4.90. The minimum Gasteiger partial charge on any atom is -0.292 e. The van der Waals surface area contributed by atoms with Crippen LogP contribution >= 0.6 is 11.6 Å². The summed E-state index contributed by atoms with van der Waals surface area (Å²) < 4.78 is 0. The highest BCUT2D eigenvalue weighted by Crippen LogP contribution is 2.29. The summed E-state index contributed by atoms with van der Waals surface area (Å²) >= 11 is 5.88. The Morgan fingerprint density at radius 2 is 1.85 bits per heavy atom. The second-order valence-corrected chi connectivity index (χ2v) is 6.74. The number of hydrogen-bond donors (Lipinski definition) is 0. The van der Waals surface area contributed by atoms with E-state index in [0.717, 1.165) is 12.1 Å². The molecule has 4 atom stereocenters. The molecule has 1 aromatic carbocycles. The number of rotatable bonds is 3. The fourth-order valence-electron chi connectivity index (χ4n) is 3.28. The molecule has 0 radical (unpaired) electrons. The molecule has 0 bridgehead atoms. The van der Waals surface area contributed by atoms with E-state index >= 15 is 0 Å². The van der Waals surface area contributed by atoms with Gasteiger partial charge >= 0.3 is 0 Å². The highest BCUT2D eigenvalue weighted by Gasteiger charge is 2.34. The average Bonchev–Trinajstić information content (AvgIpc) is 2.42. The number of halogens is 1. The van der Waals surface area contributed by atoms with Crippen LogP contribution in [0.2, 0.25) is 5.02 Å². The van der Waals surface area contributed by atoms with Crippen LogP contribution in [-0.4, -0.2) is 29.3 Å². The molecule has 0 spiro atoms. The number of carbonyl (C=O) groups excluding carboxylic acids is 1. The van der Waals surface area contributed by atoms with Crippen molar-refractivity contribution in [2.75, 3.05) is 6.54 Å². The first-order valence-corrected chi connectivity index (χ1v) is 7.83. The van der Waals surface area contributed by atoms with E-state index in [4.69, 9.17) is 11.6 Å². The van der Waals surface area contributed by atoms with Gasteiger partial charge in [0.1, 0.15) is 0 Å². The third kappa shape index (κ3) is 3.24. The number of Topliss-reactive ketones (excluding diaryl/α,β-unsaturated/α-hetero) is 1. The SMILES string of the molecule is CC1CC(C)C(C)N(C(C)C(=O)c2ccc(Cl)cc2)C1. The van der Waals surface area contributed by atoms with Gasteiger partial charge in [0.05, 0.1) is 6.04 Å². The summed E-state index contributed by atoms with van der Waals surface area (Å²) in [4.78, 5) is 15.0. The Balaban J connectivity index is 2.15. The van der Waals surface area contributed by atoms with Crippen molar-refractivity contribution in [2.24, 2.45) is 11.8 Å². The van der Waals surface area contributed by atoms with Gasteiger partial charge in [-0.25, -0.2) is 0 Å². The minimum absolute atomic E-state index is 0.0728. The van der Waals surface area contributed by atoms with Crippen LogP contribution in [0.5, 0.6) is 0 Å². The molecule has 1 saturated heterocycles. The maximum Gasteiger partial charge on any atom is 0.179 e. The lowest BCUT2D eigenvalue weighted by Gasteiger charge is -2.43. The van der Waals surface area contributed by atoms with Gasteiger partial charge in [-0.2, -0.15) is 0 Å². The molecule has 1 fully saturated rings. The molecule has 1 aliphatic heterocycles. The zero-order valence-electron chi connectivity index (χ0n) is 12.8. The first-order valence-electron chi connectivity index (χ1n) is 7.45. The fourth-order valence-corrected chi connectivity index (χ4v) is 3.40. The van der Waals surface area contributed by atoms with E-state index < -0.39 is 0 Å². The quantitative estimate of drug-likeness (QED) is 0.775. The van der Waals surface area contributed by atoms with E-state index in [-0.39, 0.29) is 11.8 Å². The van der Waals surface area contributed by atoms with Crippen molar-refractivity contribution >= 4 is 17.4 Å². The predicted octanol–water partition coefficient (Wildman–Crippen LogP) is 4.28. The standard InChI is InChI=1S/C17H24ClNO/c1-11-9-12(2)13(3)19(10-11)14(4)17(20)15-5-7-16(18)8-6-15/h5-8,11-14H,9-10H2,1-4H3. The van der Waals surface area contributed by atoms with Crippen LogP contribution in [0.4, 0.5) is 0 Å². The zero-order valence-corrected chi connectivity index (χ0v) is 13.5. The van der Waals surface area contributed by atoms with Gasteiger partial charge in [-0.1, -0.05) is 25.4 Å². The van der Waals surface area contributed by atoms with Crippen LogP contribution < -0.4 is 0 Å². The van der Waals surface area contributed by atoms with Crippen LogP contribution in [0.25, 0.3) is 0 Å². The van der Waals surface area contributed by atoms with Crippen LogP contribution in [0, 0.1) is 11.8 Å². The van der Waals surface area contributed by atoms with Gasteiger partial charge in [0, 0.05) is 23.2 Å². The Morgan fingerprint density at radius 3 is 2.45 bits per heavy atom. The van der Waals surface area contributed by atoms with Crippen LogP contribution in [0.3, 0.4) is 0 Å². The molecule has 1 aromatic rings. The molecule has 1 aliphatic rings. The number of piperidine rings is 1. The Labute approximate surface area is 127 Å². The van der Waals surface area contributed by atoms with Crippen molar-refractivity contribution in [1.29, 1.82) is 0 Å². The van der Waals surface area contributed by atoms with Crippen molar-refractivity contribution in [3.8, 4) is 0 Å². The number of likely N-dealkylation sites (tertiary alicyclic amines) is 1. The molecule has 0 N–H and O–H groups in total. The van der Waals surface area contributed by atoms with Gasteiger partial charge < -0.3 is 0 Å². The summed E-state index contributed by atoms with van der Waals surface area (Å²) in [5.41, 5.74) is 0.750. The maximum atomic E-state index is 12.6. The van der Waals surface area contributed by atoms with Crippen molar-refractivity contribution in [3.63, 3.8) is 0 Å². The maximum absolute atomic E-state index is 12.6. The first-order chi connectivity index (χ1) is 9.40. The second-order valence-electron chi connectivity index (χ2n) is 6.30. The lowest BCUT2D eigenvalue weighted by Crippen LogP contribution is -2.52. The molecule has 3 heteroatoms. The highest BCUT2D eigenvalue weighted by atomic mass is 35.5. The molecule has 0 saturated carbocycles. The summed E-state index contributed by atoms with van der Waals surface area (Å²) in [5, 5.41) is 0.669. The van der Waals surface area contributed by atoms with Gasteiger partial charge in [0.25, 0.3) is 0 Å². The van der Waals surface area contributed by atoms with E-state index in [9.17, 15) is 4.79 Å². The van der Waals surface area contributed by atoms with Crippen molar-refractivity contribution in [3.05, 3.63) is 34.9 Å². The van der Waals surface area contributed by atoms with Gasteiger partial charge in [-0.3, -0.25) is 9.69 Å². The summed E-state index contributed by atoms with van der Waals surface area (Å²) in [7, 11) is 0. The van der Waals surface area contributed by atoms with Gasteiger partial charge in [-0.05, 0) is 56.4 Å². The van der Waals surface area contributed by atoms with Gasteiger partial charge in [0.15, 0.2) is 5.78 Å². The minimum atomic E-state index is -0.0728. The van der Waals surface area contributed by atoms with Crippen molar-refractivity contribution < 1.29 is 4.79 Å². The van der Waals surface area contributed by atoms with Crippen LogP contribution in [0.15, 0.2) is 24.3 Å². The van der Waals surface area contributed by atoms with Crippen LogP contribution in [-0.2, 0) is 0 Å². The number of carbonyl (C=O) groups is 1. The van der Waals surface area contributed by atoms with E-state index in [0.29, 0.717) is 22.9 Å². The van der Waals surface area contributed by atoms with Gasteiger partial charge in [0.2, 0.25) is 0 Å². The monoisotopic (exact) mass is 293 g/mol. The zero-order chi connectivity index (χ0) is 14.9. The van der Waals surface area contributed by atoms with Crippen molar-refractivity contribution in [2.45, 2.75) is 46.2 Å². The molecule has 4 unspecified atom stereocenters. The van der Waals surface area contributed by atoms with E-state index in [1.807, 2.05) is 19.1 Å². The second kappa shape index (κ2) is 6.28. The van der Waals surface area contributed by atoms with Crippen LogP contribution in [0.1, 0.15) is 44.5 Å². The highest BCUT2D eigenvalue weighted by molar-refractivity contribution is 6.30. The average molecular weight is 294 g/mol. The topological polar surface area (TPSA) is 20.3 Å². The molecule has 0 aliphatic carbocycles. The Bertz CT molecular complexity index is 470. The molecule has 20 heavy (non-hydrogen) atoms. The normalized spacial score (nSPS) is 29.1. The van der Waals surface area contributed by atoms with E-state index in [1.165, 1.54) is 6.42 Å². The lowest BCUT2D eigenvalue weighted by molar-refractivity contribution is 0.0406. The summed E-state index contributed by atoms with van der Waals surface area (Å²) in [6.07, 6.45) is 1.25. The molecular weight excluding hydrogens is 270 g/mol. The summed E-state index contributed by atoms with van der Waals surface area (Å²) in [6.45, 7) is 9.83. The summed E-state index contributed by atoms with van der Waals surface area (Å²) in [6, 6.07) is 7.60. The molecule has 2 nitrogen and oxygen atoms in total. The first kappa shape index (κ1) is 15.5. The van der Waals surface area contributed by atoms with E-state index in [2.05, 4.69) is 25.7 Å². The Kier molecular flexibility index (Phi) is 4.87. The number of benzene rings is 1. The van der Waals surface area contributed by atoms with Crippen molar-refractivity contribution in [1.82, 2.24) is 4.90 Å². The Hall–Kier alpha value is -0.860. The lowest BCUT2D eigenvalue weighted by atomic mass is 9.84. The molecule has 1 heterocycles. The molecular formula is C17H24ClNO. The largest absolute Gasteiger partial charge is 0.292 e. The molecule has 0 aromatic heterocycles. The molecule has 0 amide bonds. The van der Waals surface area contributed by atoms with Gasteiger partial charge in [-0.15, -0.1) is 0 Å². The number of nitrogens with zero attached hydrogens (tertiary/aromatic N) is 1. The van der Waals surface area contributed by atoms with E-state index in [1.54, 1.807) is 12.1 Å². The summed E-state index contributed by atoms with van der Waals surface area (Å²) in [5.74, 6) is 1.48. The smallest absolute Gasteiger partial charge is 0.179 e. The number of ketones is 1. The number of hydrogen-bond acceptors (Lipinski definition) is 2. The molecule has 110 valence electrons. The Morgan fingerprint density at radius 1 is 1.25 bits per heavy atom. The predicted molar refractivity (Wildman–Crippen MR) is 84.4 cm³/mol. The fraction of sp³-hybridized carbons (Fsp3) is 0.588.